The number of allylic oxidation sites excluding steroid dienone is 7. The molecule has 1 aromatic rings. The zero-order valence-corrected chi connectivity index (χ0v) is 13.6. The van der Waals surface area contributed by atoms with Crippen molar-refractivity contribution >= 4 is 36.8 Å². The van der Waals surface area contributed by atoms with Gasteiger partial charge < -0.3 is 10.5 Å². The van der Waals surface area contributed by atoms with E-state index in [0.29, 0.717) is 6.71 Å². The summed E-state index contributed by atoms with van der Waals surface area (Å²) in [6.07, 6.45) is 19.9. The Hall–Kier alpha value is -2.55. The monoisotopic (exact) mass is 308 g/mol. The summed E-state index contributed by atoms with van der Waals surface area (Å²) in [4.78, 5) is 0. The summed E-state index contributed by atoms with van der Waals surface area (Å²) in [6, 6.07) is 7.01. The van der Waals surface area contributed by atoms with Crippen molar-refractivity contribution in [2.24, 2.45) is 0 Å². The largest absolute Gasteiger partial charge is 0.427 e. The Morgan fingerprint density at radius 3 is 1.71 bits per heavy atom. The summed E-state index contributed by atoms with van der Waals surface area (Å²) in [6.45, 7) is 0.930. The topological polar surface area (TPSA) is 24.1 Å². The molecule has 3 aliphatic rings. The molecule has 2 nitrogen and oxygen atoms in total. The van der Waals surface area contributed by atoms with Crippen molar-refractivity contribution in [3.05, 3.63) is 91.1 Å². The van der Waals surface area contributed by atoms with Crippen molar-refractivity contribution in [3.63, 3.8) is 0 Å². The smallest absolute Gasteiger partial charge is 0.312 e. The molecular formula is C19H19B3N2. The van der Waals surface area contributed by atoms with E-state index in [-0.39, 0.29) is 13.7 Å². The maximum Gasteiger partial charge on any atom is 0.312 e. The SMILES string of the molecule is C1=CCB(c2cc(B3C=CC=CN3)cc(B3C=CC=CN3)c2)C=C1. The quantitative estimate of drug-likeness (QED) is 0.810. The lowest BCUT2D eigenvalue weighted by Crippen LogP contribution is -2.51. The standard InChI is InChI=1S/C19H19B3N2/c1-2-8-20(9-3-1)17-14-18(21-10-4-6-12-23-21)16-19(15-17)22-11-5-7-13-24-22/h1-8,10-16,23-24H,9H2. The van der Waals surface area contributed by atoms with Gasteiger partial charge in [-0.25, -0.2) is 0 Å². The van der Waals surface area contributed by atoms with Crippen molar-refractivity contribution < 1.29 is 0 Å². The van der Waals surface area contributed by atoms with Crippen LogP contribution in [0.4, 0.5) is 0 Å². The molecule has 3 heterocycles. The molecule has 0 spiro atoms. The summed E-state index contributed by atoms with van der Waals surface area (Å²) in [5, 5.41) is 6.89. The van der Waals surface area contributed by atoms with Gasteiger partial charge in [0, 0.05) is 0 Å². The molecule has 0 aliphatic carbocycles. The van der Waals surface area contributed by atoms with E-state index in [9.17, 15) is 0 Å². The summed E-state index contributed by atoms with van der Waals surface area (Å²) in [5.41, 5.74) is 4.02. The van der Waals surface area contributed by atoms with Gasteiger partial charge in [-0.3, -0.25) is 0 Å². The molecule has 1 aromatic carbocycles. The van der Waals surface area contributed by atoms with Crippen LogP contribution in [-0.4, -0.2) is 20.4 Å². The van der Waals surface area contributed by atoms with E-state index < -0.39 is 0 Å². The highest BCUT2D eigenvalue weighted by atomic mass is 14.7. The van der Waals surface area contributed by atoms with Crippen LogP contribution in [0.2, 0.25) is 6.32 Å². The van der Waals surface area contributed by atoms with Gasteiger partial charge in [0.2, 0.25) is 6.71 Å². The first-order valence-corrected chi connectivity index (χ1v) is 8.57. The highest BCUT2D eigenvalue weighted by Gasteiger charge is 2.23. The Morgan fingerprint density at radius 1 is 0.625 bits per heavy atom. The molecule has 5 heteroatoms. The van der Waals surface area contributed by atoms with Crippen LogP contribution in [0.3, 0.4) is 0 Å². The Balaban J connectivity index is 1.72. The number of nitrogens with one attached hydrogen (secondary N) is 2. The van der Waals surface area contributed by atoms with E-state index >= 15 is 0 Å². The average molecular weight is 308 g/mol. The predicted molar refractivity (Wildman–Crippen MR) is 109 cm³/mol. The van der Waals surface area contributed by atoms with Crippen molar-refractivity contribution in [1.82, 2.24) is 10.5 Å². The minimum absolute atomic E-state index is 0.236. The van der Waals surface area contributed by atoms with Crippen LogP contribution in [0.25, 0.3) is 0 Å². The van der Waals surface area contributed by atoms with Gasteiger partial charge in [0.1, 0.15) is 0 Å². The third-order valence-corrected chi connectivity index (χ3v) is 4.70. The van der Waals surface area contributed by atoms with Crippen LogP contribution in [0.5, 0.6) is 0 Å². The molecule has 114 valence electrons. The lowest BCUT2D eigenvalue weighted by Gasteiger charge is -2.20. The van der Waals surface area contributed by atoms with Crippen LogP contribution >= 0.6 is 0 Å². The Kier molecular flexibility index (Phi) is 4.33. The molecule has 24 heavy (non-hydrogen) atoms. The van der Waals surface area contributed by atoms with Crippen LogP contribution in [-0.2, 0) is 0 Å². The van der Waals surface area contributed by atoms with Crippen molar-refractivity contribution in [2.45, 2.75) is 6.32 Å². The fourth-order valence-electron chi connectivity index (χ4n) is 3.41. The third kappa shape index (κ3) is 3.21. The van der Waals surface area contributed by atoms with E-state index in [2.05, 4.69) is 77.0 Å². The highest BCUT2D eigenvalue weighted by Crippen LogP contribution is 2.04. The van der Waals surface area contributed by atoms with Crippen molar-refractivity contribution in [2.75, 3.05) is 0 Å². The molecule has 0 radical (unpaired) electrons. The molecule has 2 N–H and O–H groups in total. The Bertz CT molecular complexity index is 673. The number of rotatable bonds is 3. The van der Waals surface area contributed by atoms with Crippen LogP contribution in [0.1, 0.15) is 0 Å². The van der Waals surface area contributed by atoms with Gasteiger partial charge in [0.25, 0.3) is 0 Å². The van der Waals surface area contributed by atoms with Crippen LogP contribution < -0.4 is 26.8 Å². The van der Waals surface area contributed by atoms with Crippen LogP contribution in [0.15, 0.2) is 91.1 Å². The molecule has 0 unspecified atom stereocenters. The highest BCUT2D eigenvalue weighted by molar-refractivity contribution is 6.83. The summed E-state index contributed by atoms with van der Waals surface area (Å²) in [5.74, 6) is 6.73. The van der Waals surface area contributed by atoms with Gasteiger partial charge in [-0.05, 0) is 30.9 Å². The second kappa shape index (κ2) is 6.92. The number of hydrogen-bond acceptors (Lipinski definition) is 2. The minimum atomic E-state index is 0.236. The molecule has 0 aromatic heterocycles. The minimum Gasteiger partial charge on any atom is -0.427 e. The molecule has 0 fully saturated rings. The summed E-state index contributed by atoms with van der Waals surface area (Å²) >= 11 is 0. The molecular weight excluding hydrogens is 289 g/mol. The van der Waals surface area contributed by atoms with Gasteiger partial charge in [-0.15, -0.1) is 5.98 Å². The van der Waals surface area contributed by atoms with Crippen molar-refractivity contribution in [3.8, 4) is 0 Å². The van der Waals surface area contributed by atoms with Gasteiger partial charge in [-0.2, -0.15) is 0 Å². The third-order valence-electron chi connectivity index (χ3n) is 4.70. The average Bonchev–Trinajstić information content (AvgIpc) is 2.70. The number of benzene rings is 1. The number of hydrogen-bond donors (Lipinski definition) is 2. The maximum atomic E-state index is 3.44. The second-order valence-electron chi connectivity index (χ2n) is 6.36. The van der Waals surface area contributed by atoms with E-state index in [4.69, 9.17) is 0 Å². The lowest BCUT2D eigenvalue weighted by atomic mass is 9.39. The van der Waals surface area contributed by atoms with Gasteiger partial charge >= 0.3 is 13.7 Å². The lowest BCUT2D eigenvalue weighted by molar-refractivity contribution is 1.32. The molecule has 0 saturated heterocycles. The zero-order chi connectivity index (χ0) is 16.2. The van der Waals surface area contributed by atoms with E-state index in [1.54, 1.807) is 0 Å². The molecule has 0 atom stereocenters. The van der Waals surface area contributed by atoms with E-state index in [1.807, 2.05) is 24.6 Å². The van der Waals surface area contributed by atoms with Gasteiger partial charge in [0.05, 0.1) is 0 Å². The normalized spacial score (nSPS) is 18.1. The first kappa shape index (κ1) is 15.0. The summed E-state index contributed by atoms with van der Waals surface area (Å²) in [7, 11) is 0. The van der Waals surface area contributed by atoms with Crippen molar-refractivity contribution in [1.29, 1.82) is 0 Å². The Morgan fingerprint density at radius 2 is 1.21 bits per heavy atom. The first-order chi connectivity index (χ1) is 11.9. The Labute approximate surface area is 145 Å². The molecule has 0 amide bonds. The fraction of sp³-hybridized carbons (Fsp3) is 0.0526. The zero-order valence-electron chi connectivity index (χ0n) is 13.6. The first-order valence-electron chi connectivity index (χ1n) is 8.57. The van der Waals surface area contributed by atoms with Crippen LogP contribution in [0, 0.1) is 0 Å². The molecule has 0 saturated carbocycles. The van der Waals surface area contributed by atoms with Gasteiger partial charge in [-0.1, -0.05) is 76.9 Å². The van der Waals surface area contributed by atoms with Gasteiger partial charge in [0.15, 0.2) is 0 Å². The fourth-order valence-corrected chi connectivity index (χ4v) is 3.41. The maximum absolute atomic E-state index is 3.44. The van der Waals surface area contributed by atoms with E-state index in [0.717, 1.165) is 6.32 Å². The van der Waals surface area contributed by atoms with E-state index in [1.165, 1.54) is 16.4 Å². The molecule has 0 bridgehead atoms. The summed E-state index contributed by atoms with van der Waals surface area (Å²) < 4.78 is 0. The molecule has 3 aliphatic heterocycles. The predicted octanol–water partition coefficient (Wildman–Crippen LogP) is 0.875. The molecule has 4 rings (SSSR count). The second-order valence-corrected chi connectivity index (χ2v) is 6.36.